The number of carbonyl (C=O) groups is 1. The van der Waals surface area contributed by atoms with Gasteiger partial charge in [0.15, 0.2) is 0 Å². The lowest BCUT2D eigenvalue weighted by Crippen LogP contribution is -2.30. The summed E-state index contributed by atoms with van der Waals surface area (Å²) in [6.45, 7) is 9.75. The second-order valence-corrected chi connectivity index (χ2v) is 9.26. The lowest BCUT2D eigenvalue weighted by molar-refractivity contribution is -0.121. The number of benzene rings is 3. The van der Waals surface area contributed by atoms with Crippen LogP contribution in [0.15, 0.2) is 66.7 Å². The van der Waals surface area contributed by atoms with Gasteiger partial charge >= 0.3 is 0 Å². The molecule has 0 aliphatic rings. The van der Waals surface area contributed by atoms with E-state index in [0.29, 0.717) is 13.0 Å². The number of aryl methyl sites for hydroxylation is 3. The fourth-order valence-corrected chi connectivity index (χ4v) is 4.43. The number of ether oxygens (including phenoxy) is 1. The average molecular weight is 470 g/mol. The Balaban J connectivity index is 1.40. The summed E-state index contributed by atoms with van der Waals surface area (Å²) in [4.78, 5) is 17.7. The lowest BCUT2D eigenvalue weighted by Gasteiger charge is -2.17. The molecule has 1 atom stereocenters. The fraction of sp³-hybridized carbons (Fsp3) is 0.333. The molecule has 3 aromatic carbocycles. The van der Waals surface area contributed by atoms with Crippen molar-refractivity contribution in [1.82, 2.24) is 14.9 Å². The molecule has 4 aromatic rings. The highest BCUT2D eigenvalue weighted by Crippen LogP contribution is 2.23. The van der Waals surface area contributed by atoms with Gasteiger partial charge < -0.3 is 14.6 Å². The second kappa shape index (κ2) is 11.2. The normalized spacial score (nSPS) is 12.0. The standard InChI is InChI=1S/C30H35N3O2/c1-21-13-11-17-28(23(21)3)35-19-10-9-18-33-27-16-8-7-15-26(27)32-30(33)24(4)31-29(34)20-25-14-6-5-12-22(25)2/h5-8,11-17,24H,9-10,18-20H2,1-4H3,(H,31,34). The van der Waals surface area contributed by atoms with E-state index in [1.54, 1.807) is 0 Å². The van der Waals surface area contributed by atoms with Gasteiger partial charge in [0.05, 0.1) is 30.1 Å². The molecule has 35 heavy (non-hydrogen) atoms. The molecule has 182 valence electrons. The van der Waals surface area contributed by atoms with E-state index >= 15 is 0 Å². The van der Waals surface area contributed by atoms with Gasteiger partial charge in [-0.15, -0.1) is 0 Å². The van der Waals surface area contributed by atoms with E-state index in [1.807, 2.05) is 68.4 Å². The maximum atomic E-state index is 12.8. The van der Waals surface area contributed by atoms with E-state index < -0.39 is 0 Å². The Morgan fingerprint density at radius 1 is 0.943 bits per heavy atom. The fourth-order valence-electron chi connectivity index (χ4n) is 4.43. The first-order valence-corrected chi connectivity index (χ1v) is 12.4. The van der Waals surface area contributed by atoms with Crippen LogP contribution < -0.4 is 10.1 Å². The van der Waals surface area contributed by atoms with Crippen LogP contribution in [0.3, 0.4) is 0 Å². The number of fused-ring (bicyclic) bond motifs is 1. The van der Waals surface area contributed by atoms with Crippen molar-refractivity contribution in [3.05, 3.63) is 94.8 Å². The quantitative estimate of drug-likeness (QED) is 0.280. The van der Waals surface area contributed by atoms with Crippen LogP contribution >= 0.6 is 0 Å². The number of rotatable bonds is 10. The molecule has 1 N–H and O–H groups in total. The zero-order valence-electron chi connectivity index (χ0n) is 21.2. The van der Waals surface area contributed by atoms with E-state index in [4.69, 9.17) is 9.72 Å². The predicted octanol–water partition coefficient (Wildman–Crippen LogP) is 6.24. The topological polar surface area (TPSA) is 56.2 Å². The smallest absolute Gasteiger partial charge is 0.225 e. The van der Waals surface area contributed by atoms with Crippen LogP contribution in [-0.4, -0.2) is 22.1 Å². The van der Waals surface area contributed by atoms with Crippen molar-refractivity contribution in [2.75, 3.05) is 6.61 Å². The van der Waals surface area contributed by atoms with Crippen molar-refractivity contribution < 1.29 is 9.53 Å². The van der Waals surface area contributed by atoms with Gasteiger partial charge in [-0.2, -0.15) is 0 Å². The first-order valence-electron chi connectivity index (χ1n) is 12.4. The Bertz CT molecular complexity index is 1310. The summed E-state index contributed by atoms with van der Waals surface area (Å²) in [5.41, 5.74) is 6.67. The molecule has 0 aliphatic carbocycles. The number of unbranched alkanes of at least 4 members (excludes halogenated alkanes) is 1. The van der Waals surface area contributed by atoms with E-state index in [0.717, 1.165) is 53.1 Å². The molecule has 1 amide bonds. The molecule has 1 aromatic heterocycles. The van der Waals surface area contributed by atoms with Crippen molar-refractivity contribution in [2.45, 2.75) is 59.5 Å². The summed E-state index contributed by atoms with van der Waals surface area (Å²) in [5, 5.41) is 3.16. The third-order valence-electron chi connectivity index (χ3n) is 6.65. The molecule has 0 aliphatic heterocycles. The molecule has 4 rings (SSSR count). The SMILES string of the molecule is Cc1ccccc1CC(=O)NC(C)c1nc2ccccc2n1CCCCOc1cccc(C)c1C. The molecular formula is C30H35N3O2. The maximum Gasteiger partial charge on any atom is 0.225 e. The number of para-hydroxylation sites is 2. The number of amides is 1. The van der Waals surface area contributed by atoms with Gasteiger partial charge in [0.1, 0.15) is 11.6 Å². The maximum absolute atomic E-state index is 12.8. The Kier molecular flexibility index (Phi) is 7.86. The average Bonchev–Trinajstić information content (AvgIpc) is 3.22. The first-order chi connectivity index (χ1) is 16.9. The molecule has 0 bridgehead atoms. The van der Waals surface area contributed by atoms with Crippen LogP contribution in [0.4, 0.5) is 0 Å². The zero-order valence-corrected chi connectivity index (χ0v) is 21.2. The predicted molar refractivity (Wildman–Crippen MR) is 142 cm³/mol. The third kappa shape index (κ3) is 5.91. The summed E-state index contributed by atoms with van der Waals surface area (Å²) in [5.74, 6) is 1.86. The number of imidazole rings is 1. The van der Waals surface area contributed by atoms with Crippen molar-refractivity contribution in [1.29, 1.82) is 0 Å². The molecule has 0 saturated carbocycles. The van der Waals surface area contributed by atoms with Crippen LogP contribution in [0.1, 0.15) is 53.9 Å². The minimum atomic E-state index is -0.190. The Labute approximate surface area is 208 Å². The zero-order chi connectivity index (χ0) is 24.8. The van der Waals surface area contributed by atoms with Crippen LogP contribution in [0, 0.1) is 20.8 Å². The van der Waals surface area contributed by atoms with Gasteiger partial charge in [-0.3, -0.25) is 4.79 Å². The Morgan fingerprint density at radius 2 is 1.69 bits per heavy atom. The molecule has 0 radical (unpaired) electrons. The Morgan fingerprint density at radius 3 is 2.51 bits per heavy atom. The lowest BCUT2D eigenvalue weighted by atomic mass is 10.1. The minimum Gasteiger partial charge on any atom is -0.493 e. The second-order valence-electron chi connectivity index (χ2n) is 9.26. The van der Waals surface area contributed by atoms with Crippen molar-refractivity contribution >= 4 is 16.9 Å². The molecule has 0 spiro atoms. The summed E-state index contributed by atoms with van der Waals surface area (Å²) >= 11 is 0. The summed E-state index contributed by atoms with van der Waals surface area (Å²) in [6, 6.07) is 22.2. The molecule has 1 heterocycles. The number of nitrogens with one attached hydrogen (secondary N) is 1. The minimum absolute atomic E-state index is 0.00679. The summed E-state index contributed by atoms with van der Waals surface area (Å²) in [7, 11) is 0. The van der Waals surface area contributed by atoms with Gasteiger partial charge in [-0.25, -0.2) is 4.98 Å². The summed E-state index contributed by atoms with van der Waals surface area (Å²) in [6.07, 6.45) is 2.27. The number of carbonyl (C=O) groups excluding carboxylic acids is 1. The summed E-state index contributed by atoms with van der Waals surface area (Å²) < 4.78 is 8.28. The molecule has 1 unspecified atom stereocenters. The molecule has 0 fully saturated rings. The highest BCUT2D eigenvalue weighted by molar-refractivity contribution is 5.80. The van der Waals surface area contributed by atoms with Crippen LogP contribution in [0.25, 0.3) is 11.0 Å². The van der Waals surface area contributed by atoms with Gasteiger partial charge in [-0.1, -0.05) is 48.5 Å². The van der Waals surface area contributed by atoms with Gasteiger partial charge in [-0.05, 0) is 81.0 Å². The van der Waals surface area contributed by atoms with E-state index in [2.05, 4.69) is 35.9 Å². The van der Waals surface area contributed by atoms with Gasteiger partial charge in [0.2, 0.25) is 5.91 Å². The van der Waals surface area contributed by atoms with Crippen molar-refractivity contribution in [3.63, 3.8) is 0 Å². The van der Waals surface area contributed by atoms with Crippen LogP contribution in [-0.2, 0) is 17.8 Å². The molecular weight excluding hydrogens is 434 g/mol. The van der Waals surface area contributed by atoms with Crippen molar-refractivity contribution in [3.8, 4) is 5.75 Å². The number of nitrogens with zero attached hydrogens (tertiary/aromatic N) is 2. The highest BCUT2D eigenvalue weighted by atomic mass is 16.5. The van der Waals surface area contributed by atoms with Gasteiger partial charge in [0, 0.05) is 6.54 Å². The van der Waals surface area contributed by atoms with Crippen LogP contribution in [0.2, 0.25) is 0 Å². The Hall–Kier alpha value is -3.60. The number of hydrogen-bond donors (Lipinski definition) is 1. The third-order valence-corrected chi connectivity index (χ3v) is 6.65. The number of aromatic nitrogens is 2. The molecule has 5 heteroatoms. The molecule has 5 nitrogen and oxygen atoms in total. The van der Waals surface area contributed by atoms with Crippen LogP contribution in [0.5, 0.6) is 5.75 Å². The van der Waals surface area contributed by atoms with Crippen molar-refractivity contribution in [2.24, 2.45) is 0 Å². The van der Waals surface area contributed by atoms with E-state index in [-0.39, 0.29) is 11.9 Å². The van der Waals surface area contributed by atoms with Gasteiger partial charge in [0.25, 0.3) is 0 Å². The van der Waals surface area contributed by atoms with E-state index in [1.165, 1.54) is 11.1 Å². The largest absolute Gasteiger partial charge is 0.493 e. The van der Waals surface area contributed by atoms with E-state index in [9.17, 15) is 4.79 Å². The molecule has 0 saturated heterocycles. The first kappa shape index (κ1) is 24.5. The number of hydrogen-bond acceptors (Lipinski definition) is 3. The highest BCUT2D eigenvalue weighted by Gasteiger charge is 2.18. The monoisotopic (exact) mass is 469 g/mol.